The molecule has 0 spiro atoms. The molecule has 1 atom stereocenters. The van der Waals surface area contributed by atoms with Crippen LogP contribution in [0, 0.1) is 0 Å². The van der Waals surface area contributed by atoms with Crippen molar-refractivity contribution in [1.82, 2.24) is 20.6 Å². The van der Waals surface area contributed by atoms with Crippen LogP contribution in [0.2, 0.25) is 0 Å². The first kappa shape index (κ1) is 14.3. The van der Waals surface area contributed by atoms with E-state index in [4.69, 9.17) is 0 Å². The van der Waals surface area contributed by atoms with Crippen molar-refractivity contribution in [2.24, 2.45) is 0 Å². The molecule has 0 aliphatic heterocycles. The Morgan fingerprint density at radius 3 is 2.60 bits per heavy atom. The number of hydrogen-bond donors (Lipinski definition) is 4. The number of fused-ring (bicyclic) bond motifs is 1. The zero-order chi connectivity index (χ0) is 14.7. The third-order valence-electron chi connectivity index (χ3n) is 3.06. The van der Waals surface area contributed by atoms with Crippen LogP contribution in [0.1, 0.15) is 32.4 Å². The average molecular weight is 276 g/mol. The van der Waals surface area contributed by atoms with Crippen molar-refractivity contribution in [2.45, 2.75) is 32.9 Å². The van der Waals surface area contributed by atoms with Gasteiger partial charge < -0.3 is 20.6 Å². The van der Waals surface area contributed by atoms with Crippen LogP contribution in [-0.2, 0) is 4.79 Å². The molecule has 20 heavy (non-hydrogen) atoms. The predicted molar refractivity (Wildman–Crippen MR) is 78.6 cm³/mol. The summed E-state index contributed by atoms with van der Waals surface area (Å²) in [5.41, 5.74) is 2.36. The molecule has 1 heterocycles. The molecule has 108 valence electrons. The third-order valence-corrected chi connectivity index (χ3v) is 3.06. The summed E-state index contributed by atoms with van der Waals surface area (Å²) in [4.78, 5) is 28.2. The highest BCUT2D eigenvalue weighted by Gasteiger charge is 2.09. The van der Waals surface area contributed by atoms with Gasteiger partial charge in [-0.3, -0.25) is 4.79 Å². The van der Waals surface area contributed by atoms with Crippen molar-refractivity contribution in [1.29, 1.82) is 0 Å². The Labute approximate surface area is 117 Å². The number of benzene rings is 1. The SMILES string of the molecule is CC(C)NC(=O)CNC(C)c1ccc2[nH]c(=O)[nH]c2c1. The lowest BCUT2D eigenvalue weighted by atomic mass is 10.1. The Hall–Kier alpha value is -2.08. The molecule has 0 radical (unpaired) electrons. The second kappa shape index (κ2) is 5.92. The van der Waals surface area contributed by atoms with Crippen molar-refractivity contribution in [3.8, 4) is 0 Å². The quantitative estimate of drug-likeness (QED) is 0.657. The second-order valence-corrected chi connectivity index (χ2v) is 5.21. The molecule has 0 fully saturated rings. The lowest BCUT2D eigenvalue weighted by Crippen LogP contribution is -2.38. The Morgan fingerprint density at radius 2 is 1.90 bits per heavy atom. The Balaban J connectivity index is 2.01. The summed E-state index contributed by atoms with van der Waals surface area (Å²) in [6.45, 7) is 6.10. The van der Waals surface area contributed by atoms with Gasteiger partial charge in [-0.15, -0.1) is 0 Å². The van der Waals surface area contributed by atoms with E-state index in [0.717, 1.165) is 16.6 Å². The Kier molecular flexibility index (Phi) is 4.24. The van der Waals surface area contributed by atoms with Gasteiger partial charge in [0.15, 0.2) is 0 Å². The number of carbonyl (C=O) groups excluding carboxylic acids is 1. The van der Waals surface area contributed by atoms with E-state index in [1.165, 1.54) is 0 Å². The van der Waals surface area contributed by atoms with Crippen molar-refractivity contribution in [3.63, 3.8) is 0 Å². The van der Waals surface area contributed by atoms with Crippen molar-refractivity contribution in [3.05, 3.63) is 34.2 Å². The van der Waals surface area contributed by atoms with Gasteiger partial charge in [-0.05, 0) is 38.5 Å². The van der Waals surface area contributed by atoms with E-state index in [2.05, 4.69) is 20.6 Å². The summed E-state index contributed by atoms with van der Waals surface area (Å²) in [7, 11) is 0. The van der Waals surface area contributed by atoms with E-state index in [9.17, 15) is 9.59 Å². The molecule has 1 amide bonds. The molecule has 2 rings (SSSR count). The fraction of sp³-hybridized carbons (Fsp3) is 0.429. The van der Waals surface area contributed by atoms with Gasteiger partial charge in [0, 0.05) is 12.1 Å². The van der Waals surface area contributed by atoms with Crippen molar-refractivity contribution >= 4 is 16.9 Å². The lowest BCUT2D eigenvalue weighted by molar-refractivity contribution is -0.120. The van der Waals surface area contributed by atoms with Gasteiger partial charge in [0.25, 0.3) is 0 Å². The number of hydrogen-bond acceptors (Lipinski definition) is 3. The first-order valence-corrected chi connectivity index (χ1v) is 6.70. The van der Waals surface area contributed by atoms with Crippen molar-refractivity contribution < 1.29 is 4.79 Å². The maximum atomic E-state index is 11.6. The Bertz CT molecular complexity index is 656. The number of carbonyl (C=O) groups is 1. The molecule has 1 aromatic heterocycles. The molecule has 2 aromatic rings. The maximum Gasteiger partial charge on any atom is 0.323 e. The zero-order valence-electron chi connectivity index (χ0n) is 11.9. The normalized spacial score (nSPS) is 12.8. The van der Waals surface area contributed by atoms with Crippen LogP contribution in [0.5, 0.6) is 0 Å². The monoisotopic (exact) mass is 276 g/mol. The molecule has 0 aliphatic rings. The van der Waals surface area contributed by atoms with Crippen LogP contribution < -0.4 is 16.3 Å². The highest BCUT2D eigenvalue weighted by atomic mass is 16.2. The topological polar surface area (TPSA) is 89.8 Å². The number of aromatic nitrogens is 2. The minimum Gasteiger partial charge on any atom is -0.353 e. The summed E-state index contributed by atoms with van der Waals surface area (Å²) in [5.74, 6) is -0.0250. The van der Waals surface area contributed by atoms with Crippen LogP contribution in [0.15, 0.2) is 23.0 Å². The van der Waals surface area contributed by atoms with Gasteiger partial charge in [-0.25, -0.2) is 4.79 Å². The molecule has 0 saturated carbocycles. The van der Waals surface area contributed by atoms with E-state index in [-0.39, 0.29) is 30.2 Å². The first-order valence-electron chi connectivity index (χ1n) is 6.70. The van der Waals surface area contributed by atoms with Crippen LogP contribution in [-0.4, -0.2) is 28.5 Å². The van der Waals surface area contributed by atoms with Gasteiger partial charge in [-0.1, -0.05) is 6.07 Å². The number of aromatic amines is 2. The third kappa shape index (κ3) is 3.48. The van der Waals surface area contributed by atoms with Crippen molar-refractivity contribution in [2.75, 3.05) is 6.54 Å². The molecule has 6 nitrogen and oxygen atoms in total. The molecule has 4 N–H and O–H groups in total. The number of H-pyrrole nitrogens is 2. The number of nitrogens with one attached hydrogen (secondary N) is 4. The largest absolute Gasteiger partial charge is 0.353 e. The number of amides is 1. The van der Waals surface area contributed by atoms with E-state index in [1.54, 1.807) is 0 Å². The van der Waals surface area contributed by atoms with Gasteiger partial charge in [-0.2, -0.15) is 0 Å². The molecular weight excluding hydrogens is 256 g/mol. The standard InChI is InChI=1S/C14H20N4O2/c1-8(2)16-13(19)7-15-9(3)10-4-5-11-12(6-10)18-14(20)17-11/h4-6,8-9,15H,7H2,1-3H3,(H,16,19)(H2,17,18,20). The maximum absolute atomic E-state index is 11.6. The lowest BCUT2D eigenvalue weighted by Gasteiger charge is -2.15. The molecule has 6 heteroatoms. The molecule has 0 saturated heterocycles. The fourth-order valence-electron chi connectivity index (χ4n) is 2.06. The highest BCUT2D eigenvalue weighted by Crippen LogP contribution is 2.16. The first-order chi connectivity index (χ1) is 9.45. The summed E-state index contributed by atoms with van der Waals surface area (Å²) >= 11 is 0. The molecule has 1 unspecified atom stereocenters. The second-order valence-electron chi connectivity index (χ2n) is 5.21. The van der Waals surface area contributed by atoms with E-state index in [1.807, 2.05) is 39.0 Å². The van der Waals surface area contributed by atoms with E-state index in [0.29, 0.717) is 0 Å². The minimum atomic E-state index is -0.214. The molecule has 0 bridgehead atoms. The summed E-state index contributed by atoms with van der Waals surface area (Å²) in [5, 5.41) is 5.99. The highest BCUT2D eigenvalue weighted by molar-refractivity contribution is 5.78. The smallest absolute Gasteiger partial charge is 0.323 e. The number of rotatable bonds is 5. The van der Waals surface area contributed by atoms with Crippen LogP contribution in [0.3, 0.4) is 0 Å². The molecule has 0 aliphatic carbocycles. The van der Waals surface area contributed by atoms with Gasteiger partial charge >= 0.3 is 5.69 Å². The van der Waals surface area contributed by atoms with E-state index < -0.39 is 0 Å². The van der Waals surface area contributed by atoms with Crippen LogP contribution in [0.25, 0.3) is 11.0 Å². The van der Waals surface area contributed by atoms with Gasteiger partial charge in [0.2, 0.25) is 5.91 Å². The summed E-state index contributed by atoms with van der Waals surface area (Å²) in [6, 6.07) is 5.86. The number of imidazole rings is 1. The fourth-order valence-corrected chi connectivity index (χ4v) is 2.06. The summed E-state index contributed by atoms with van der Waals surface area (Å²) < 4.78 is 0. The van der Waals surface area contributed by atoms with E-state index >= 15 is 0 Å². The molecular formula is C14H20N4O2. The van der Waals surface area contributed by atoms with Crippen LogP contribution >= 0.6 is 0 Å². The Morgan fingerprint density at radius 1 is 1.20 bits per heavy atom. The van der Waals surface area contributed by atoms with Gasteiger partial charge in [0.05, 0.1) is 17.6 Å². The summed E-state index contributed by atoms with van der Waals surface area (Å²) in [6.07, 6.45) is 0. The van der Waals surface area contributed by atoms with Crippen LogP contribution in [0.4, 0.5) is 0 Å². The zero-order valence-corrected chi connectivity index (χ0v) is 11.9. The molecule has 1 aromatic carbocycles. The minimum absolute atomic E-state index is 0.0238. The predicted octanol–water partition coefficient (Wildman–Crippen LogP) is 1.03. The van der Waals surface area contributed by atoms with Gasteiger partial charge in [0.1, 0.15) is 0 Å². The average Bonchev–Trinajstić information content (AvgIpc) is 2.74.